The number of benzene rings is 2. The van der Waals surface area contributed by atoms with Gasteiger partial charge in [0.05, 0.1) is 0 Å². The Hall–Kier alpha value is -1.67. The van der Waals surface area contributed by atoms with E-state index in [1.807, 2.05) is 12.1 Å². The normalized spacial score (nSPS) is 11.2. The van der Waals surface area contributed by atoms with Crippen LogP contribution in [0.1, 0.15) is 16.7 Å². The number of hydrogen-bond acceptors (Lipinski definition) is 2. The van der Waals surface area contributed by atoms with Crippen molar-refractivity contribution in [3.05, 3.63) is 71.0 Å². The average molecular weight is 470 g/mol. The Morgan fingerprint density at radius 2 is 1.69 bits per heavy atom. The molecule has 0 amide bonds. The Morgan fingerprint density at radius 3 is 2.35 bits per heavy atom. The maximum Gasteiger partial charge on any atom is 0.191 e. The van der Waals surface area contributed by atoms with Gasteiger partial charge in [-0.05, 0) is 49.3 Å². The average Bonchev–Trinajstić information content (AvgIpc) is 2.59. The number of nitrogens with one attached hydrogen (secondary N) is 2. The van der Waals surface area contributed by atoms with Gasteiger partial charge in [0.2, 0.25) is 0 Å². The first-order chi connectivity index (χ1) is 12.1. The van der Waals surface area contributed by atoms with Crippen molar-refractivity contribution in [3.8, 4) is 0 Å². The van der Waals surface area contributed by atoms with Gasteiger partial charge in [0, 0.05) is 26.7 Å². The molecule has 2 N–H and O–H groups in total. The smallest absolute Gasteiger partial charge is 0.191 e. The van der Waals surface area contributed by atoms with E-state index >= 15 is 0 Å². The zero-order valence-electron chi connectivity index (χ0n) is 15.6. The van der Waals surface area contributed by atoms with E-state index in [1.54, 1.807) is 7.05 Å². The second-order valence-electron chi connectivity index (χ2n) is 6.29. The van der Waals surface area contributed by atoms with Gasteiger partial charge in [-0.3, -0.25) is 4.99 Å². The summed E-state index contributed by atoms with van der Waals surface area (Å²) in [4.78, 5) is 6.40. The summed E-state index contributed by atoms with van der Waals surface area (Å²) >= 11 is 0. The maximum absolute atomic E-state index is 12.9. The third-order valence-corrected chi connectivity index (χ3v) is 3.79. The summed E-state index contributed by atoms with van der Waals surface area (Å²) in [7, 11) is 5.89. The summed E-state index contributed by atoms with van der Waals surface area (Å²) < 4.78 is 12.9. The van der Waals surface area contributed by atoms with Crippen molar-refractivity contribution in [2.24, 2.45) is 4.99 Å². The molecule has 0 atom stereocenters. The van der Waals surface area contributed by atoms with Gasteiger partial charge in [-0.15, -0.1) is 24.0 Å². The highest BCUT2D eigenvalue weighted by Crippen LogP contribution is 2.07. The molecule has 142 valence electrons. The fraction of sp³-hybridized carbons (Fsp3) is 0.350. The standard InChI is InChI=1S/C20H27FN4.HI/c1-22-20(23-12-11-16-7-9-19(21)10-8-16)24-14-17-5-4-6-18(13-17)15-25(2)3;/h4-10,13H,11-12,14-15H2,1-3H3,(H2,22,23,24);1H. The van der Waals surface area contributed by atoms with E-state index in [1.165, 1.54) is 23.3 Å². The van der Waals surface area contributed by atoms with Gasteiger partial charge in [0.1, 0.15) is 5.82 Å². The molecule has 2 aromatic rings. The van der Waals surface area contributed by atoms with E-state index < -0.39 is 0 Å². The van der Waals surface area contributed by atoms with Gasteiger partial charge in [0.15, 0.2) is 5.96 Å². The molecule has 26 heavy (non-hydrogen) atoms. The van der Waals surface area contributed by atoms with Crippen LogP contribution >= 0.6 is 24.0 Å². The minimum atomic E-state index is -0.203. The zero-order valence-corrected chi connectivity index (χ0v) is 18.0. The molecule has 0 aliphatic rings. The molecule has 0 aromatic heterocycles. The third kappa shape index (κ3) is 8.14. The summed E-state index contributed by atoms with van der Waals surface area (Å²) in [6.07, 6.45) is 0.819. The Kier molecular flexibility index (Phi) is 10.2. The quantitative estimate of drug-likeness (QED) is 0.370. The second kappa shape index (κ2) is 11.9. The summed E-state index contributed by atoms with van der Waals surface area (Å²) in [6, 6.07) is 15.1. The van der Waals surface area contributed by atoms with E-state index in [2.05, 4.69) is 58.9 Å². The van der Waals surface area contributed by atoms with Crippen molar-refractivity contribution in [2.75, 3.05) is 27.7 Å². The lowest BCUT2D eigenvalue weighted by atomic mass is 10.1. The van der Waals surface area contributed by atoms with E-state index in [4.69, 9.17) is 0 Å². The maximum atomic E-state index is 12.9. The van der Waals surface area contributed by atoms with Crippen LogP contribution in [0.2, 0.25) is 0 Å². The molecule has 0 aliphatic carbocycles. The lowest BCUT2D eigenvalue weighted by molar-refractivity contribution is 0.402. The second-order valence-corrected chi connectivity index (χ2v) is 6.29. The van der Waals surface area contributed by atoms with E-state index in [0.29, 0.717) is 0 Å². The van der Waals surface area contributed by atoms with E-state index in [0.717, 1.165) is 37.6 Å². The third-order valence-electron chi connectivity index (χ3n) is 3.79. The van der Waals surface area contributed by atoms with Crippen molar-refractivity contribution in [1.29, 1.82) is 0 Å². The lowest BCUT2D eigenvalue weighted by Crippen LogP contribution is -2.37. The predicted octanol–water partition coefficient (Wildman–Crippen LogP) is 3.41. The van der Waals surface area contributed by atoms with Crippen LogP contribution in [0.4, 0.5) is 4.39 Å². The highest BCUT2D eigenvalue weighted by molar-refractivity contribution is 14.0. The number of hydrogen-bond donors (Lipinski definition) is 2. The number of rotatable bonds is 7. The lowest BCUT2D eigenvalue weighted by Gasteiger charge is -2.14. The Morgan fingerprint density at radius 1 is 1.00 bits per heavy atom. The highest BCUT2D eigenvalue weighted by atomic mass is 127. The minimum Gasteiger partial charge on any atom is -0.356 e. The van der Waals surface area contributed by atoms with Crippen LogP contribution in [0.5, 0.6) is 0 Å². The molecule has 4 nitrogen and oxygen atoms in total. The first kappa shape index (κ1) is 22.4. The molecule has 0 saturated carbocycles. The van der Waals surface area contributed by atoms with Crippen LogP contribution in [0.3, 0.4) is 0 Å². The fourth-order valence-electron chi connectivity index (χ4n) is 2.59. The van der Waals surface area contributed by atoms with Crippen LogP contribution in [0, 0.1) is 5.82 Å². The Bertz CT molecular complexity index is 686. The van der Waals surface area contributed by atoms with E-state index in [-0.39, 0.29) is 29.8 Å². The fourth-order valence-corrected chi connectivity index (χ4v) is 2.59. The molecule has 0 unspecified atom stereocenters. The topological polar surface area (TPSA) is 39.7 Å². The number of guanidine groups is 1. The molecular weight excluding hydrogens is 442 g/mol. The van der Waals surface area contributed by atoms with Crippen molar-refractivity contribution >= 4 is 29.9 Å². The van der Waals surface area contributed by atoms with E-state index in [9.17, 15) is 4.39 Å². The van der Waals surface area contributed by atoms with Gasteiger partial charge in [-0.1, -0.05) is 36.4 Å². The first-order valence-electron chi connectivity index (χ1n) is 8.48. The van der Waals surface area contributed by atoms with Crippen molar-refractivity contribution in [1.82, 2.24) is 15.5 Å². The first-order valence-corrected chi connectivity index (χ1v) is 8.48. The monoisotopic (exact) mass is 470 g/mol. The van der Waals surface area contributed by atoms with Crippen LogP contribution in [-0.2, 0) is 19.5 Å². The Labute approximate surface area is 172 Å². The van der Waals surface area contributed by atoms with Gasteiger partial charge >= 0.3 is 0 Å². The molecule has 0 aliphatic heterocycles. The number of nitrogens with zero attached hydrogens (tertiary/aromatic N) is 2. The summed E-state index contributed by atoms with van der Waals surface area (Å²) in [5, 5.41) is 6.61. The van der Waals surface area contributed by atoms with Gasteiger partial charge in [-0.25, -0.2) is 4.39 Å². The van der Waals surface area contributed by atoms with Gasteiger partial charge in [0.25, 0.3) is 0 Å². The molecule has 6 heteroatoms. The van der Waals surface area contributed by atoms with Crippen LogP contribution in [-0.4, -0.2) is 38.5 Å². The molecule has 0 heterocycles. The number of halogens is 2. The summed E-state index contributed by atoms with van der Waals surface area (Å²) in [5.41, 5.74) is 3.62. The SMILES string of the molecule is CN=C(NCCc1ccc(F)cc1)NCc1cccc(CN(C)C)c1.I. The van der Waals surface area contributed by atoms with Gasteiger partial charge < -0.3 is 15.5 Å². The van der Waals surface area contributed by atoms with Crippen LogP contribution in [0.15, 0.2) is 53.5 Å². The molecule has 0 fully saturated rings. The largest absolute Gasteiger partial charge is 0.356 e. The molecule has 2 aromatic carbocycles. The Balaban J connectivity index is 0.00000338. The van der Waals surface area contributed by atoms with Gasteiger partial charge in [-0.2, -0.15) is 0 Å². The molecule has 2 rings (SSSR count). The minimum absolute atomic E-state index is 0. The molecule has 0 bridgehead atoms. The molecule has 0 saturated heterocycles. The summed E-state index contributed by atoms with van der Waals surface area (Å²) in [6.45, 7) is 2.39. The molecule has 0 radical (unpaired) electrons. The molecule has 0 spiro atoms. The van der Waals surface area contributed by atoms with Crippen molar-refractivity contribution in [2.45, 2.75) is 19.5 Å². The predicted molar refractivity (Wildman–Crippen MR) is 118 cm³/mol. The van der Waals surface area contributed by atoms with Crippen molar-refractivity contribution in [3.63, 3.8) is 0 Å². The molecular formula is C20H28FIN4. The van der Waals surface area contributed by atoms with Crippen LogP contribution < -0.4 is 10.6 Å². The van der Waals surface area contributed by atoms with Crippen molar-refractivity contribution < 1.29 is 4.39 Å². The highest BCUT2D eigenvalue weighted by Gasteiger charge is 2.01. The number of aliphatic imine (C=N–C) groups is 1. The zero-order chi connectivity index (χ0) is 18.1. The summed E-state index contributed by atoms with van der Waals surface area (Å²) in [5.74, 6) is 0.561. The van der Waals surface area contributed by atoms with Crippen LogP contribution in [0.25, 0.3) is 0 Å².